The Labute approximate surface area is 225 Å². The van der Waals surface area contributed by atoms with Crippen LogP contribution in [0, 0.1) is 11.3 Å². The maximum Gasteiger partial charge on any atom is 0.254 e. The van der Waals surface area contributed by atoms with Gasteiger partial charge in [0.2, 0.25) is 5.95 Å². The van der Waals surface area contributed by atoms with Crippen molar-refractivity contribution in [1.82, 2.24) is 19.5 Å². The third kappa shape index (κ3) is 4.32. The molecular weight excluding hydrogens is 490 g/mol. The number of aromatic nitrogens is 4. The summed E-state index contributed by atoms with van der Waals surface area (Å²) in [6, 6.07) is 10.4. The number of rotatable bonds is 5. The predicted molar refractivity (Wildman–Crippen MR) is 154 cm³/mol. The summed E-state index contributed by atoms with van der Waals surface area (Å²) < 4.78 is 1.66. The van der Waals surface area contributed by atoms with Gasteiger partial charge in [-0.05, 0) is 37.3 Å². The number of nitrogens with one attached hydrogen (secondary N) is 1. The fourth-order valence-corrected chi connectivity index (χ4v) is 5.58. The molecule has 196 valence electrons. The summed E-state index contributed by atoms with van der Waals surface area (Å²) in [4.78, 5) is 28.5. The van der Waals surface area contributed by atoms with Gasteiger partial charge in [0.25, 0.3) is 5.56 Å². The van der Waals surface area contributed by atoms with Crippen molar-refractivity contribution in [1.29, 1.82) is 5.26 Å². The number of allylic oxidation sites excluding steroid dienone is 1. The molecule has 1 saturated heterocycles. The number of hydrogen-bond acceptors (Lipinski definition) is 9. The Bertz CT molecular complexity index is 1740. The maximum absolute atomic E-state index is 12.7. The largest absolute Gasteiger partial charge is 0.382 e. The van der Waals surface area contributed by atoms with Crippen molar-refractivity contribution in [3.8, 4) is 17.2 Å². The molecule has 10 heteroatoms. The molecule has 4 aromatic rings. The van der Waals surface area contributed by atoms with Crippen LogP contribution in [0.3, 0.4) is 0 Å². The van der Waals surface area contributed by atoms with Gasteiger partial charge < -0.3 is 26.3 Å². The van der Waals surface area contributed by atoms with E-state index in [9.17, 15) is 10.1 Å². The first kappa shape index (κ1) is 24.4. The number of fused-ring (bicyclic) bond motifs is 2. The lowest BCUT2D eigenvalue weighted by atomic mass is 9.96. The highest BCUT2D eigenvalue weighted by Gasteiger charge is 2.22. The summed E-state index contributed by atoms with van der Waals surface area (Å²) in [5.74, 6) is 1.25. The molecule has 4 heterocycles. The Morgan fingerprint density at radius 3 is 2.72 bits per heavy atom. The normalized spacial score (nSPS) is 14.4. The molecule has 2 aliphatic rings. The Morgan fingerprint density at radius 1 is 1.10 bits per heavy atom. The molecule has 0 spiro atoms. The van der Waals surface area contributed by atoms with E-state index in [2.05, 4.69) is 44.5 Å². The molecule has 1 aliphatic heterocycles. The van der Waals surface area contributed by atoms with Crippen molar-refractivity contribution in [2.24, 2.45) is 7.05 Å². The molecule has 1 fully saturated rings. The van der Waals surface area contributed by atoms with E-state index in [1.807, 2.05) is 24.4 Å². The summed E-state index contributed by atoms with van der Waals surface area (Å²) in [6.45, 7) is 2.21. The van der Waals surface area contributed by atoms with E-state index < -0.39 is 0 Å². The third-order valence-corrected chi connectivity index (χ3v) is 7.48. The summed E-state index contributed by atoms with van der Waals surface area (Å²) in [5, 5.41) is 13.8. The fraction of sp³-hybridized carbons (Fsp3) is 0.276. The minimum atomic E-state index is 0.00498. The second-order valence-corrected chi connectivity index (χ2v) is 10.0. The molecule has 0 atom stereocenters. The topological polar surface area (TPSA) is 152 Å². The molecular formula is C29H29N9O. The number of nitrogens with two attached hydrogens (primary N) is 2. The number of piperidine rings is 1. The van der Waals surface area contributed by atoms with E-state index in [1.54, 1.807) is 11.6 Å². The number of hydrogen-bond donors (Lipinski definition) is 3. The van der Waals surface area contributed by atoms with Crippen LogP contribution in [0.4, 0.5) is 23.4 Å². The van der Waals surface area contributed by atoms with Crippen LogP contribution in [0.25, 0.3) is 28.1 Å². The van der Waals surface area contributed by atoms with Crippen LogP contribution >= 0.6 is 0 Å². The SMILES string of the molecule is Cn1cc(-c2cccc3cc(CNc4nc(N)nc(N)c4C#N)c(N4CCCCC4)nc23)c2c(c1=O)CC=C2. The van der Waals surface area contributed by atoms with E-state index in [1.165, 1.54) is 6.42 Å². The first-order chi connectivity index (χ1) is 18.9. The Kier molecular flexibility index (Phi) is 6.11. The molecule has 0 saturated carbocycles. The minimum Gasteiger partial charge on any atom is -0.382 e. The number of pyridine rings is 2. The third-order valence-electron chi connectivity index (χ3n) is 7.48. The molecule has 0 amide bonds. The summed E-state index contributed by atoms with van der Waals surface area (Å²) in [5.41, 5.74) is 17.6. The zero-order valence-corrected chi connectivity index (χ0v) is 21.7. The van der Waals surface area contributed by atoms with Gasteiger partial charge in [-0.3, -0.25) is 4.79 Å². The number of nitrogens with zero attached hydrogens (tertiary/aromatic N) is 6. The van der Waals surface area contributed by atoms with Gasteiger partial charge >= 0.3 is 0 Å². The van der Waals surface area contributed by atoms with Gasteiger partial charge in [-0.1, -0.05) is 30.4 Å². The van der Waals surface area contributed by atoms with Crippen LogP contribution in [0.5, 0.6) is 0 Å². The van der Waals surface area contributed by atoms with E-state index in [-0.39, 0.29) is 22.9 Å². The Balaban J connectivity index is 1.49. The minimum absolute atomic E-state index is 0.00498. The van der Waals surface area contributed by atoms with Crippen molar-refractivity contribution in [2.75, 3.05) is 34.8 Å². The quantitative estimate of drug-likeness (QED) is 0.359. The Morgan fingerprint density at radius 2 is 1.92 bits per heavy atom. The first-order valence-electron chi connectivity index (χ1n) is 13.1. The van der Waals surface area contributed by atoms with E-state index in [0.717, 1.165) is 70.5 Å². The summed E-state index contributed by atoms with van der Waals surface area (Å²) in [6.07, 6.45) is 10.0. The summed E-state index contributed by atoms with van der Waals surface area (Å²) >= 11 is 0. The van der Waals surface area contributed by atoms with Gasteiger partial charge in [-0.2, -0.15) is 15.2 Å². The van der Waals surface area contributed by atoms with Crippen molar-refractivity contribution in [2.45, 2.75) is 32.2 Å². The highest BCUT2D eigenvalue weighted by molar-refractivity contribution is 5.97. The predicted octanol–water partition coefficient (Wildman–Crippen LogP) is 3.60. The van der Waals surface area contributed by atoms with Gasteiger partial charge in [0.1, 0.15) is 23.3 Å². The maximum atomic E-state index is 12.7. The highest BCUT2D eigenvalue weighted by atomic mass is 16.1. The number of benzene rings is 1. The number of nitrogen functional groups attached to an aromatic ring is 2. The molecule has 0 radical (unpaired) electrons. The van der Waals surface area contributed by atoms with Gasteiger partial charge in [0.15, 0.2) is 5.82 Å². The van der Waals surface area contributed by atoms with Crippen LogP contribution in [-0.2, 0) is 20.0 Å². The van der Waals surface area contributed by atoms with Crippen molar-refractivity contribution in [3.05, 3.63) is 69.1 Å². The van der Waals surface area contributed by atoms with E-state index in [4.69, 9.17) is 16.5 Å². The smallest absolute Gasteiger partial charge is 0.254 e. The number of anilines is 4. The van der Waals surface area contributed by atoms with Crippen molar-refractivity contribution in [3.63, 3.8) is 0 Å². The second kappa shape index (κ2) is 9.76. The van der Waals surface area contributed by atoms with Gasteiger partial charge in [0.05, 0.1) is 5.52 Å². The van der Waals surface area contributed by atoms with Gasteiger partial charge in [-0.15, -0.1) is 0 Å². The van der Waals surface area contributed by atoms with E-state index in [0.29, 0.717) is 18.8 Å². The van der Waals surface area contributed by atoms with Gasteiger partial charge in [-0.25, -0.2) is 4.98 Å². The average Bonchev–Trinajstić information content (AvgIpc) is 3.44. The van der Waals surface area contributed by atoms with Crippen LogP contribution in [0.1, 0.15) is 41.5 Å². The lowest BCUT2D eigenvalue weighted by molar-refractivity contribution is 0.572. The van der Waals surface area contributed by atoms with Gasteiger partial charge in [0, 0.05) is 60.5 Å². The standard InChI is InChI=1S/C29H29N9O/c1-37-16-23(19-8-6-10-21(19)28(37)39)20-9-5-7-17-13-18(27(34-24(17)20)38-11-3-2-4-12-38)15-33-26-22(14-30)25(31)35-29(32)36-26/h5-9,13,16H,2-4,10-12,15H2,1H3,(H5,31,32,33,35,36). The zero-order chi connectivity index (χ0) is 27.1. The molecule has 1 aromatic carbocycles. The fourth-order valence-electron chi connectivity index (χ4n) is 5.58. The van der Waals surface area contributed by atoms with E-state index >= 15 is 0 Å². The van der Waals surface area contributed by atoms with Crippen LogP contribution in [0.15, 0.2) is 41.3 Å². The number of para-hydroxylation sites is 1. The Hall–Kier alpha value is -4.91. The van der Waals surface area contributed by atoms with Crippen LogP contribution in [0.2, 0.25) is 0 Å². The second-order valence-electron chi connectivity index (χ2n) is 10.0. The van der Waals surface area contributed by atoms with Crippen LogP contribution < -0.4 is 27.2 Å². The lowest BCUT2D eigenvalue weighted by Gasteiger charge is -2.30. The average molecular weight is 520 g/mol. The molecule has 6 rings (SSSR count). The lowest BCUT2D eigenvalue weighted by Crippen LogP contribution is -2.31. The number of nitriles is 1. The first-order valence-corrected chi connectivity index (χ1v) is 13.1. The summed E-state index contributed by atoms with van der Waals surface area (Å²) in [7, 11) is 1.80. The molecule has 39 heavy (non-hydrogen) atoms. The van der Waals surface area contributed by atoms with Crippen LogP contribution in [-0.4, -0.2) is 32.6 Å². The molecule has 5 N–H and O–H groups in total. The zero-order valence-electron chi connectivity index (χ0n) is 21.7. The van der Waals surface area contributed by atoms with Crippen molar-refractivity contribution >= 4 is 40.4 Å². The number of aryl methyl sites for hydroxylation is 1. The molecule has 1 aliphatic carbocycles. The highest BCUT2D eigenvalue weighted by Crippen LogP contribution is 2.36. The molecule has 3 aromatic heterocycles. The molecule has 0 unspecified atom stereocenters. The van der Waals surface area contributed by atoms with Crippen molar-refractivity contribution < 1.29 is 0 Å². The molecule has 10 nitrogen and oxygen atoms in total. The monoisotopic (exact) mass is 519 g/mol. The molecule has 0 bridgehead atoms.